The van der Waals surface area contributed by atoms with Gasteiger partial charge in [-0.3, -0.25) is 0 Å². The predicted molar refractivity (Wildman–Crippen MR) is 415 cm³/mol. The minimum Gasteiger partial charge on any atom is -0.457 e. The van der Waals surface area contributed by atoms with Crippen molar-refractivity contribution in [1.29, 1.82) is 0 Å². The first-order valence-corrected chi connectivity index (χ1v) is 26.4. The monoisotopic (exact) mass is 1040 g/mol. The van der Waals surface area contributed by atoms with Gasteiger partial charge in [0.2, 0.25) is 0 Å². The summed E-state index contributed by atoms with van der Waals surface area (Å²) in [5, 5.41) is 1.23. The Morgan fingerprint density at radius 2 is 0.270 bits per heavy atom. The third-order valence-electron chi connectivity index (χ3n) is 18.1. The van der Waals surface area contributed by atoms with Crippen molar-refractivity contribution in [1.82, 2.24) is 0 Å². The van der Waals surface area contributed by atoms with Crippen LogP contribution in [-0.4, -0.2) is 251 Å². The molecule has 0 atom stereocenters. The fraction of sp³-hybridized carbons (Fsp3) is 0. The van der Waals surface area contributed by atoms with Crippen molar-refractivity contribution in [2.24, 2.45) is 0 Å². The quantitative estimate of drug-likeness (QED) is 0.126. The predicted octanol–water partition coefficient (Wildman–Crippen LogP) is -22.5. The summed E-state index contributed by atoms with van der Waals surface area (Å²) >= 11 is 0. The summed E-state index contributed by atoms with van der Waals surface area (Å²) in [4.78, 5) is 0. The lowest BCUT2D eigenvalue weighted by Gasteiger charge is -2.36. The van der Waals surface area contributed by atoms with E-state index in [1.807, 2.05) is 0 Å². The van der Waals surface area contributed by atoms with Crippen molar-refractivity contribution in [2.45, 2.75) is 0 Å². The molecule has 0 aliphatic heterocycles. The van der Waals surface area contributed by atoms with Crippen LogP contribution in [0.4, 0.5) is 0 Å². The van der Waals surface area contributed by atoms with E-state index in [1.165, 1.54) is 0 Å². The topological polar surface area (TPSA) is 13.1 Å². The standard InChI is InChI=1S/C56B32O/c57-23-7(9-5-1-3-15(32(66)26(5)60)38(72)46(80)40(74)17(3)36(70)34(68)13(1)30(64)28(9)62)11(19-25(59)21-22-45(79)50(84)52(86)54(88)56(22)89-55(21)53(87)44(19)78)24(58)12(20-42(76)48(82)51(85)49(83)43(20)77)8(23)10-6-2-4-16(33(67)27(6)61)39(73)47(81)41(75)18(4)37(71)35(69)14(2)31(65)29(10)63. The summed E-state index contributed by atoms with van der Waals surface area (Å²) in [6.45, 7) is 0. The Morgan fingerprint density at radius 1 is 0.101 bits per heavy atom. The molecule has 1 heterocycles. The zero-order valence-electron chi connectivity index (χ0n) is 46.9. The second kappa shape index (κ2) is 20.5. The Labute approximate surface area is 557 Å². The Hall–Kier alpha value is -5.40. The molecule has 12 aromatic carbocycles. The van der Waals surface area contributed by atoms with E-state index in [9.17, 15) is 0 Å². The lowest BCUT2D eigenvalue weighted by Crippen LogP contribution is -2.55. The second-order valence-corrected chi connectivity index (χ2v) is 22.2. The van der Waals surface area contributed by atoms with Gasteiger partial charge in [-0.2, -0.15) is 0 Å². The van der Waals surface area contributed by atoms with Crippen molar-refractivity contribution in [3.8, 4) is 44.5 Å². The maximum atomic E-state index is 8.14. The molecule has 0 spiro atoms. The van der Waals surface area contributed by atoms with E-state index in [2.05, 4.69) is 0 Å². The average molecular weight is 1030 g/mol. The van der Waals surface area contributed by atoms with Crippen molar-refractivity contribution in [3.05, 3.63) is 0 Å². The van der Waals surface area contributed by atoms with E-state index < -0.39 is 10.9 Å². The van der Waals surface area contributed by atoms with Gasteiger partial charge in [0.25, 0.3) is 0 Å². The third kappa shape index (κ3) is 7.55. The van der Waals surface area contributed by atoms with E-state index in [0.29, 0.717) is 0 Å². The summed E-state index contributed by atoms with van der Waals surface area (Å²) in [6, 6.07) is 0. The minimum atomic E-state index is -0.409. The summed E-state index contributed by atoms with van der Waals surface area (Å²) in [5.41, 5.74) is -8.16. The highest BCUT2D eigenvalue weighted by molar-refractivity contribution is 6.80. The first kappa shape index (κ1) is 62.4. The molecule has 0 unspecified atom stereocenters. The minimum absolute atomic E-state index is 0.00588. The number of hydrogen-bond donors (Lipinski definition) is 0. The van der Waals surface area contributed by atoms with Crippen molar-refractivity contribution in [2.75, 3.05) is 0 Å². The Kier molecular flexibility index (Phi) is 14.4. The van der Waals surface area contributed by atoms with Gasteiger partial charge < -0.3 is 4.42 Å². The maximum absolute atomic E-state index is 8.14. The zero-order chi connectivity index (χ0) is 65.0. The molecule has 0 saturated heterocycles. The molecule has 0 saturated carbocycles. The van der Waals surface area contributed by atoms with Crippen LogP contribution in [0.1, 0.15) is 0 Å². The highest BCUT2D eigenvalue weighted by atomic mass is 16.3. The fourth-order valence-corrected chi connectivity index (χ4v) is 13.6. The Morgan fingerprint density at radius 3 is 0.607 bits per heavy atom. The largest absolute Gasteiger partial charge is 0.457 e. The summed E-state index contributed by atoms with van der Waals surface area (Å²) in [7, 11) is 225. The van der Waals surface area contributed by atoms with Crippen LogP contribution in [0.2, 0.25) is 0 Å². The van der Waals surface area contributed by atoms with Gasteiger partial charge >= 0.3 is 0 Å². The molecule has 0 aliphatic rings. The van der Waals surface area contributed by atoms with Gasteiger partial charge in [0.15, 0.2) is 0 Å². The number of hydrogen-bond acceptors (Lipinski definition) is 1. The molecule has 33 heteroatoms. The molecular weight excluding hydrogens is 1030 g/mol. The van der Waals surface area contributed by atoms with Crippen molar-refractivity contribution in [3.63, 3.8) is 0 Å². The third-order valence-corrected chi connectivity index (χ3v) is 18.1. The molecule has 0 amide bonds. The molecule has 1 nitrogen and oxygen atoms in total. The van der Waals surface area contributed by atoms with Gasteiger partial charge in [0, 0.05) is 10.8 Å². The SMILES string of the molecule is [B]c1c([B])c([B])c(-c2c([B])c(-c3c([B])c([B])c4oc5c([B])c([B])c([B])c([B])c5c4c3[B])c(-c3c([B])c([B])c4c([B])c([B])c5c([B])c([B])c([B])c6c([B])c([B])c3c4c56)c([B])c2-c2c([B])c([B])c3c([B])c([B])c4c([B])c([B])c([B])c5c([B])c([B])c2c3c45)c([B])c1[B]. The highest BCUT2D eigenvalue weighted by Crippen LogP contribution is 2.43. The lowest BCUT2D eigenvalue weighted by molar-refractivity contribution is 0.675. The number of furan rings is 1. The van der Waals surface area contributed by atoms with Crippen LogP contribution in [0.25, 0.3) is 131 Å². The second-order valence-electron chi connectivity index (χ2n) is 22.2. The Bertz CT molecular complexity index is 5550. The smallest absolute Gasteiger partial charge is 0.127 e. The number of benzene rings is 12. The van der Waals surface area contributed by atoms with E-state index in [1.54, 1.807) is 0 Å². The fourth-order valence-electron chi connectivity index (χ4n) is 13.6. The van der Waals surface area contributed by atoms with Gasteiger partial charge in [0.1, 0.15) is 262 Å². The number of rotatable bonds is 4. The maximum Gasteiger partial charge on any atom is 0.127 e. The van der Waals surface area contributed by atoms with Crippen LogP contribution in [-0.2, 0) is 0 Å². The lowest BCUT2D eigenvalue weighted by atomic mass is 9.54. The summed E-state index contributed by atoms with van der Waals surface area (Å²) in [5.74, 6) is 0. The first-order valence-electron chi connectivity index (χ1n) is 26.4. The number of fused-ring (bicyclic) bond motifs is 3. The highest BCUT2D eigenvalue weighted by Gasteiger charge is 2.35. The van der Waals surface area contributed by atoms with Crippen LogP contribution in [0, 0.1) is 0 Å². The van der Waals surface area contributed by atoms with Crippen LogP contribution < -0.4 is 175 Å². The van der Waals surface area contributed by atoms with Gasteiger partial charge in [-0.1, -0.05) is 137 Å². The molecule has 0 bridgehead atoms. The summed E-state index contributed by atoms with van der Waals surface area (Å²) < 4.78 is 6.34. The van der Waals surface area contributed by atoms with Gasteiger partial charge in [-0.25, -0.2) is 0 Å². The molecular formula is C56B32O. The zero-order valence-corrected chi connectivity index (χ0v) is 46.9. The van der Waals surface area contributed by atoms with Crippen LogP contribution in [0.5, 0.6) is 0 Å². The molecule has 0 fully saturated rings. The normalized spacial score (nSPS) is 12.1. The van der Waals surface area contributed by atoms with E-state index in [-0.39, 0.29) is 295 Å². The van der Waals surface area contributed by atoms with E-state index in [4.69, 9.17) is 255 Å². The molecule has 0 aliphatic carbocycles. The molecule has 13 rings (SSSR count). The van der Waals surface area contributed by atoms with Crippen LogP contribution in [0.15, 0.2) is 4.42 Å². The van der Waals surface area contributed by atoms with Crippen molar-refractivity contribution >= 4 is 512 Å². The molecule has 0 N–H and O–H groups in total. The van der Waals surface area contributed by atoms with Crippen molar-refractivity contribution < 1.29 is 4.42 Å². The van der Waals surface area contributed by atoms with E-state index in [0.717, 1.165) is 0 Å². The first-order chi connectivity index (χ1) is 41.6. The van der Waals surface area contributed by atoms with Gasteiger partial charge in [0.05, 0.1) is 0 Å². The molecule has 1 aromatic heterocycles. The molecule has 89 heavy (non-hydrogen) atoms. The molecule has 326 valence electrons. The van der Waals surface area contributed by atoms with Crippen LogP contribution in [0.3, 0.4) is 0 Å². The van der Waals surface area contributed by atoms with Gasteiger partial charge in [-0.05, 0) is 109 Å². The summed E-state index contributed by atoms with van der Waals surface area (Å²) in [6.07, 6.45) is 0. The Balaban J connectivity index is 1.41. The van der Waals surface area contributed by atoms with E-state index >= 15 is 0 Å². The molecule has 64 radical (unpaired) electrons. The van der Waals surface area contributed by atoms with Crippen LogP contribution >= 0.6 is 0 Å². The molecule has 13 aromatic rings. The average Bonchev–Trinajstić information content (AvgIpc) is 1.12. The van der Waals surface area contributed by atoms with Gasteiger partial charge in [-0.15, -0.1) is 38.2 Å².